The number of nitrogens with one attached hydrogen (secondary N) is 3. The fourth-order valence-corrected chi connectivity index (χ4v) is 3.08. The molecule has 1 amide bonds. The third-order valence-corrected chi connectivity index (χ3v) is 4.31. The number of aromatic amines is 2. The number of carbonyl (C=O) groups excluding carboxylic acids is 1. The van der Waals surface area contributed by atoms with E-state index in [-0.39, 0.29) is 18.1 Å². The van der Waals surface area contributed by atoms with Crippen LogP contribution in [0.25, 0.3) is 21.9 Å². The van der Waals surface area contributed by atoms with Crippen LogP contribution in [0.1, 0.15) is 17.1 Å². The predicted molar refractivity (Wildman–Crippen MR) is 94.6 cm³/mol. The van der Waals surface area contributed by atoms with Gasteiger partial charge in [0.05, 0.1) is 24.0 Å². The zero-order chi connectivity index (χ0) is 17.4. The quantitative estimate of drug-likeness (QED) is 0.535. The van der Waals surface area contributed by atoms with E-state index in [2.05, 4.69) is 20.3 Å². The molecule has 4 aromatic rings. The molecule has 0 atom stereocenters. The van der Waals surface area contributed by atoms with Crippen molar-refractivity contribution < 1.29 is 9.18 Å². The van der Waals surface area contributed by atoms with Gasteiger partial charge in [-0.05, 0) is 42.8 Å². The first kappa shape index (κ1) is 15.4. The van der Waals surface area contributed by atoms with Crippen LogP contribution in [0.4, 0.5) is 4.39 Å². The maximum absolute atomic E-state index is 13.5. The molecule has 0 spiro atoms. The molecule has 2 aromatic carbocycles. The van der Waals surface area contributed by atoms with E-state index in [9.17, 15) is 9.18 Å². The number of carbonyl (C=O) groups is 1. The monoisotopic (exact) mass is 336 g/mol. The zero-order valence-electron chi connectivity index (χ0n) is 13.7. The van der Waals surface area contributed by atoms with Gasteiger partial charge < -0.3 is 15.3 Å². The molecular formula is C19H17FN4O. The number of rotatable bonds is 4. The van der Waals surface area contributed by atoms with E-state index in [0.717, 1.165) is 33.2 Å². The summed E-state index contributed by atoms with van der Waals surface area (Å²) in [6.07, 6.45) is 0.190. The van der Waals surface area contributed by atoms with Crippen LogP contribution in [0.3, 0.4) is 0 Å². The van der Waals surface area contributed by atoms with E-state index >= 15 is 0 Å². The second-order valence-corrected chi connectivity index (χ2v) is 6.07. The lowest BCUT2D eigenvalue weighted by molar-refractivity contribution is -0.120. The number of para-hydroxylation sites is 2. The molecular weight excluding hydrogens is 319 g/mol. The highest BCUT2D eigenvalue weighted by atomic mass is 19.1. The number of H-pyrrole nitrogens is 2. The Morgan fingerprint density at radius 2 is 2.00 bits per heavy atom. The Bertz CT molecular complexity index is 1050. The van der Waals surface area contributed by atoms with Gasteiger partial charge in [0.25, 0.3) is 0 Å². The van der Waals surface area contributed by atoms with Crippen molar-refractivity contribution >= 4 is 27.8 Å². The number of halogens is 1. The number of aryl methyl sites for hydroxylation is 1. The van der Waals surface area contributed by atoms with Crippen molar-refractivity contribution in [1.82, 2.24) is 20.3 Å². The van der Waals surface area contributed by atoms with Crippen molar-refractivity contribution in [2.75, 3.05) is 0 Å². The summed E-state index contributed by atoms with van der Waals surface area (Å²) in [6, 6.07) is 12.3. The summed E-state index contributed by atoms with van der Waals surface area (Å²) < 4.78 is 13.5. The molecule has 0 saturated heterocycles. The summed E-state index contributed by atoms with van der Waals surface area (Å²) in [5.41, 5.74) is 4.33. The van der Waals surface area contributed by atoms with Gasteiger partial charge in [-0.25, -0.2) is 9.37 Å². The van der Waals surface area contributed by atoms with Crippen LogP contribution < -0.4 is 5.32 Å². The molecule has 0 fully saturated rings. The van der Waals surface area contributed by atoms with E-state index in [1.54, 1.807) is 6.07 Å². The average molecular weight is 336 g/mol. The Hall–Kier alpha value is -3.15. The fraction of sp³-hybridized carbons (Fsp3) is 0.158. The van der Waals surface area contributed by atoms with Crippen LogP contribution in [-0.2, 0) is 17.8 Å². The number of hydrogen-bond acceptors (Lipinski definition) is 2. The van der Waals surface area contributed by atoms with Gasteiger partial charge in [0.1, 0.15) is 11.6 Å². The topological polar surface area (TPSA) is 73.6 Å². The smallest absolute Gasteiger partial charge is 0.224 e. The van der Waals surface area contributed by atoms with E-state index in [1.807, 2.05) is 31.2 Å². The lowest BCUT2D eigenvalue weighted by Gasteiger charge is -2.04. The van der Waals surface area contributed by atoms with Crippen molar-refractivity contribution in [1.29, 1.82) is 0 Å². The number of benzene rings is 2. The van der Waals surface area contributed by atoms with Gasteiger partial charge in [-0.3, -0.25) is 4.79 Å². The maximum atomic E-state index is 13.5. The molecule has 2 aromatic heterocycles. The molecule has 0 aliphatic carbocycles. The molecule has 0 saturated carbocycles. The van der Waals surface area contributed by atoms with E-state index in [0.29, 0.717) is 12.4 Å². The van der Waals surface area contributed by atoms with Gasteiger partial charge >= 0.3 is 0 Å². The second-order valence-electron chi connectivity index (χ2n) is 6.07. The normalized spacial score (nSPS) is 11.3. The molecule has 5 nitrogen and oxygen atoms in total. The van der Waals surface area contributed by atoms with E-state index in [1.165, 1.54) is 12.1 Å². The molecule has 6 heteroatoms. The minimum absolute atomic E-state index is 0.131. The fourth-order valence-electron chi connectivity index (χ4n) is 3.08. The minimum Gasteiger partial charge on any atom is -0.358 e. The van der Waals surface area contributed by atoms with Gasteiger partial charge in [-0.1, -0.05) is 12.1 Å². The summed E-state index contributed by atoms with van der Waals surface area (Å²) in [7, 11) is 0. The first-order valence-electron chi connectivity index (χ1n) is 8.07. The Kier molecular flexibility index (Phi) is 3.72. The highest BCUT2D eigenvalue weighted by Gasteiger charge is 2.13. The van der Waals surface area contributed by atoms with Gasteiger partial charge in [0, 0.05) is 16.6 Å². The Morgan fingerprint density at radius 3 is 2.84 bits per heavy atom. The van der Waals surface area contributed by atoms with Crippen LogP contribution >= 0.6 is 0 Å². The van der Waals surface area contributed by atoms with Crippen LogP contribution in [0, 0.1) is 12.7 Å². The zero-order valence-corrected chi connectivity index (χ0v) is 13.7. The van der Waals surface area contributed by atoms with Gasteiger partial charge in [0.2, 0.25) is 5.91 Å². The number of amides is 1. The molecule has 0 radical (unpaired) electrons. The van der Waals surface area contributed by atoms with Crippen LogP contribution in [0.15, 0.2) is 42.5 Å². The molecule has 4 rings (SSSR count). The predicted octanol–water partition coefficient (Wildman–Crippen LogP) is 3.35. The molecule has 2 heterocycles. The summed E-state index contributed by atoms with van der Waals surface area (Å²) in [6.45, 7) is 2.21. The van der Waals surface area contributed by atoms with Gasteiger partial charge in [-0.2, -0.15) is 0 Å². The molecule has 3 N–H and O–H groups in total. The largest absolute Gasteiger partial charge is 0.358 e. The van der Waals surface area contributed by atoms with Crippen molar-refractivity contribution in [3.05, 3.63) is 65.4 Å². The van der Waals surface area contributed by atoms with Gasteiger partial charge in [-0.15, -0.1) is 0 Å². The first-order valence-corrected chi connectivity index (χ1v) is 8.07. The molecule has 0 unspecified atom stereocenters. The Labute approximate surface area is 143 Å². The van der Waals surface area contributed by atoms with Crippen molar-refractivity contribution in [3.8, 4) is 0 Å². The van der Waals surface area contributed by atoms with Crippen molar-refractivity contribution in [3.63, 3.8) is 0 Å². The number of hydrogen-bond donors (Lipinski definition) is 3. The summed E-state index contributed by atoms with van der Waals surface area (Å²) in [4.78, 5) is 23.1. The summed E-state index contributed by atoms with van der Waals surface area (Å²) >= 11 is 0. The number of fused-ring (bicyclic) bond motifs is 2. The molecule has 0 bridgehead atoms. The molecule has 25 heavy (non-hydrogen) atoms. The number of nitrogens with zero attached hydrogens (tertiary/aromatic N) is 1. The number of aromatic nitrogens is 3. The third-order valence-electron chi connectivity index (χ3n) is 4.31. The first-order chi connectivity index (χ1) is 12.1. The summed E-state index contributed by atoms with van der Waals surface area (Å²) in [5.74, 6) is 0.264. The minimum atomic E-state index is -0.310. The third kappa shape index (κ3) is 2.98. The Balaban J connectivity index is 1.49. The highest BCUT2D eigenvalue weighted by molar-refractivity contribution is 5.90. The standard InChI is InChI=1S/C19H17FN4O/c1-11-13(14-8-12(20)6-7-15(14)22-11)9-19(25)21-10-18-23-16-4-2-3-5-17(16)24-18/h2-8,22H,9-10H2,1H3,(H,21,25)(H,23,24). The van der Waals surface area contributed by atoms with E-state index in [4.69, 9.17) is 0 Å². The van der Waals surface area contributed by atoms with Gasteiger partial charge in [0.15, 0.2) is 0 Å². The van der Waals surface area contributed by atoms with Crippen LogP contribution in [0.2, 0.25) is 0 Å². The maximum Gasteiger partial charge on any atom is 0.224 e. The highest BCUT2D eigenvalue weighted by Crippen LogP contribution is 2.23. The second kappa shape index (κ2) is 6.05. The van der Waals surface area contributed by atoms with Crippen LogP contribution in [-0.4, -0.2) is 20.9 Å². The molecule has 0 aliphatic heterocycles. The SMILES string of the molecule is Cc1[nH]c2ccc(F)cc2c1CC(=O)NCc1nc2ccccc2[nH]1. The van der Waals surface area contributed by atoms with Crippen molar-refractivity contribution in [2.45, 2.75) is 19.9 Å². The molecule has 0 aliphatic rings. The number of imidazole rings is 1. The summed E-state index contributed by atoms with van der Waals surface area (Å²) in [5, 5.41) is 3.61. The average Bonchev–Trinajstić information content (AvgIpc) is 3.14. The lowest BCUT2D eigenvalue weighted by Crippen LogP contribution is -2.25. The van der Waals surface area contributed by atoms with E-state index < -0.39 is 0 Å². The van der Waals surface area contributed by atoms with Crippen molar-refractivity contribution in [2.24, 2.45) is 0 Å². The lowest BCUT2D eigenvalue weighted by atomic mass is 10.1. The Morgan fingerprint density at radius 1 is 1.16 bits per heavy atom. The molecule has 126 valence electrons. The van der Waals surface area contributed by atoms with Crippen LogP contribution in [0.5, 0.6) is 0 Å².